The summed E-state index contributed by atoms with van der Waals surface area (Å²) in [6.07, 6.45) is 3.71. The van der Waals surface area contributed by atoms with Crippen molar-refractivity contribution >= 4 is 15.9 Å². The minimum Gasteiger partial charge on any atom is -0.496 e. The fourth-order valence-corrected chi connectivity index (χ4v) is 3.05. The number of hydrogen-bond donors (Lipinski definition) is 1. The Morgan fingerprint density at radius 1 is 1.35 bits per heavy atom. The molecule has 0 amide bonds. The molecule has 3 heteroatoms. The Hall–Kier alpha value is -0.540. The van der Waals surface area contributed by atoms with E-state index in [1.54, 1.807) is 7.11 Å². The van der Waals surface area contributed by atoms with Gasteiger partial charge < -0.3 is 10.1 Å². The van der Waals surface area contributed by atoms with Crippen molar-refractivity contribution < 1.29 is 4.74 Å². The highest BCUT2D eigenvalue weighted by atomic mass is 79.9. The standard InChI is InChI=1S/C14H20BrNO/c1-10-7-12(14(15)13(8-10)17-2)9-11-3-5-16-6-4-11/h7-8,11,16H,3-6,9H2,1-2H3. The zero-order valence-corrected chi connectivity index (χ0v) is 12.1. The maximum Gasteiger partial charge on any atom is 0.133 e. The predicted octanol–water partition coefficient (Wildman–Crippen LogP) is 3.31. The first kappa shape index (κ1) is 12.9. The summed E-state index contributed by atoms with van der Waals surface area (Å²) < 4.78 is 6.53. The van der Waals surface area contributed by atoms with Crippen molar-refractivity contribution in [3.05, 3.63) is 27.7 Å². The van der Waals surface area contributed by atoms with Gasteiger partial charge in [0, 0.05) is 0 Å². The van der Waals surface area contributed by atoms with Crippen LogP contribution in [0.4, 0.5) is 0 Å². The number of benzene rings is 1. The SMILES string of the molecule is COc1cc(C)cc(CC2CCNCC2)c1Br. The molecule has 17 heavy (non-hydrogen) atoms. The minimum atomic E-state index is 0.805. The van der Waals surface area contributed by atoms with Gasteiger partial charge in [0.05, 0.1) is 11.6 Å². The first-order valence-corrected chi connectivity index (χ1v) is 7.03. The quantitative estimate of drug-likeness (QED) is 0.924. The van der Waals surface area contributed by atoms with E-state index in [2.05, 4.69) is 40.3 Å². The molecule has 0 bridgehead atoms. The summed E-state index contributed by atoms with van der Waals surface area (Å²) in [6.45, 7) is 4.44. The van der Waals surface area contributed by atoms with Crippen LogP contribution in [0.15, 0.2) is 16.6 Å². The van der Waals surface area contributed by atoms with Crippen molar-refractivity contribution in [3.63, 3.8) is 0 Å². The molecule has 1 fully saturated rings. The topological polar surface area (TPSA) is 21.3 Å². The molecule has 0 unspecified atom stereocenters. The van der Waals surface area contributed by atoms with Crippen molar-refractivity contribution in [2.75, 3.05) is 20.2 Å². The van der Waals surface area contributed by atoms with Crippen molar-refractivity contribution in [2.24, 2.45) is 5.92 Å². The zero-order valence-electron chi connectivity index (χ0n) is 10.6. The minimum absolute atomic E-state index is 0.805. The van der Waals surface area contributed by atoms with Gasteiger partial charge in [0.1, 0.15) is 5.75 Å². The summed E-state index contributed by atoms with van der Waals surface area (Å²) in [5.74, 6) is 1.76. The van der Waals surface area contributed by atoms with Crippen LogP contribution >= 0.6 is 15.9 Å². The monoisotopic (exact) mass is 297 g/mol. The van der Waals surface area contributed by atoms with Crippen molar-refractivity contribution in [1.82, 2.24) is 5.32 Å². The van der Waals surface area contributed by atoms with E-state index in [-0.39, 0.29) is 0 Å². The highest BCUT2D eigenvalue weighted by molar-refractivity contribution is 9.10. The molecule has 1 aromatic carbocycles. The Morgan fingerprint density at radius 3 is 2.71 bits per heavy atom. The van der Waals surface area contributed by atoms with Gasteiger partial charge in [0.15, 0.2) is 0 Å². The average Bonchev–Trinajstić information content (AvgIpc) is 2.34. The molecule has 0 spiro atoms. The molecule has 94 valence electrons. The molecule has 1 aromatic rings. The fourth-order valence-electron chi connectivity index (χ4n) is 2.50. The highest BCUT2D eigenvalue weighted by Gasteiger charge is 2.16. The summed E-state index contributed by atoms with van der Waals surface area (Å²) in [6, 6.07) is 4.35. The van der Waals surface area contributed by atoms with Crippen LogP contribution in [0, 0.1) is 12.8 Å². The largest absolute Gasteiger partial charge is 0.496 e. The molecule has 2 nitrogen and oxygen atoms in total. The fraction of sp³-hybridized carbons (Fsp3) is 0.571. The smallest absolute Gasteiger partial charge is 0.133 e. The van der Waals surface area contributed by atoms with Gasteiger partial charge >= 0.3 is 0 Å². The molecule has 0 radical (unpaired) electrons. The van der Waals surface area contributed by atoms with Crippen LogP contribution in [0.3, 0.4) is 0 Å². The van der Waals surface area contributed by atoms with E-state index in [0.29, 0.717) is 0 Å². The second-order valence-corrected chi connectivity index (χ2v) is 5.63. The van der Waals surface area contributed by atoms with Gasteiger partial charge in [-0.2, -0.15) is 0 Å². The van der Waals surface area contributed by atoms with Gasteiger partial charge in [0.2, 0.25) is 0 Å². The molecule has 1 saturated heterocycles. The van der Waals surface area contributed by atoms with Gasteiger partial charge in [-0.15, -0.1) is 0 Å². The van der Waals surface area contributed by atoms with E-state index in [4.69, 9.17) is 4.74 Å². The number of aryl methyl sites for hydroxylation is 1. The third-order valence-electron chi connectivity index (χ3n) is 3.45. The molecule has 0 aromatic heterocycles. The summed E-state index contributed by atoms with van der Waals surface area (Å²) in [5, 5.41) is 3.41. The Bertz CT molecular complexity index is 386. The van der Waals surface area contributed by atoms with Gasteiger partial charge in [-0.1, -0.05) is 6.07 Å². The highest BCUT2D eigenvalue weighted by Crippen LogP contribution is 2.32. The third-order valence-corrected chi connectivity index (χ3v) is 4.35. The lowest BCUT2D eigenvalue weighted by Crippen LogP contribution is -2.28. The van der Waals surface area contributed by atoms with E-state index in [9.17, 15) is 0 Å². The number of methoxy groups -OCH3 is 1. The number of nitrogens with one attached hydrogen (secondary N) is 1. The van der Waals surface area contributed by atoms with Crippen LogP contribution in [0.1, 0.15) is 24.0 Å². The molecule has 1 aliphatic rings. The molecule has 0 aliphatic carbocycles. The van der Waals surface area contributed by atoms with E-state index in [1.807, 2.05) is 0 Å². The Labute approximate surface area is 112 Å². The summed E-state index contributed by atoms with van der Waals surface area (Å²) in [7, 11) is 1.73. The van der Waals surface area contributed by atoms with Crippen LogP contribution in [0.2, 0.25) is 0 Å². The number of hydrogen-bond acceptors (Lipinski definition) is 2. The molecule has 0 saturated carbocycles. The van der Waals surface area contributed by atoms with Crippen LogP contribution in [-0.2, 0) is 6.42 Å². The van der Waals surface area contributed by atoms with Crippen LogP contribution in [0.25, 0.3) is 0 Å². The average molecular weight is 298 g/mol. The van der Waals surface area contributed by atoms with Gasteiger partial charge in [0.25, 0.3) is 0 Å². The Balaban J connectivity index is 2.16. The summed E-state index contributed by atoms with van der Waals surface area (Å²) >= 11 is 3.66. The van der Waals surface area contributed by atoms with Crippen molar-refractivity contribution in [1.29, 1.82) is 0 Å². The zero-order chi connectivity index (χ0) is 12.3. The summed E-state index contributed by atoms with van der Waals surface area (Å²) in [5.41, 5.74) is 2.66. The van der Waals surface area contributed by atoms with E-state index in [1.165, 1.54) is 24.0 Å². The molecular formula is C14H20BrNO. The number of piperidine rings is 1. The lowest BCUT2D eigenvalue weighted by atomic mass is 9.90. The molecule has 1 heterocycles. The maximum absolute atomic E-state index is 5.40. The Morgan fingerprint density at radius 2 is 2.06 bits per heavy atom. The van der Waals surface area contributed by atoms with Gasteiger partial charge in [-0.05, 0) is 78.3 Å². The molecule has 2 rings (SSSR count). The van der Waals surface area contributed by atoms with Crippen molar-refractivity contribution in [2.45, 2.75) is 26.2 Å². The van der Waals surface area contributed by atoms with E-state index >= 15 is 0 Å². The first-order valence-electron chi connectivity index (χ1n) is 6.24. The van der Waals surface area contributed by atoms with Crippen LogP contribution in [-0.4, -0.2) is 20.2 Å². The second-order valence-electron chi connectivity index (χ2n) is 4.84. The summed E-state index contributed by atoms with van der Waals surface area (Å²) in [4.78, 5) is 0. The van der Waals surface area contributed by atoms with Gasteiger partial charge in [-0.25, -0.2) is 0 Å². The third kappa shape index (κ3) is 3.23. The van der Waals surface area contributed by atoms with Crippen molar-refractivity contribution in [3.8, 4) is 5.75 Å². The maximum atomic E-state index is 5.40. The molecular weight excluding hydrogens is 278 g/mol. The van der Waals surface area contributed by atoms with E-state index < -0.39 is 0 Å². The number of rotatable bonds is 3. The molecule has 1 aliphatic heterocycles. The lowest BCUT2D eigenvalue weighted by molar-refractivity contribution is 0.370. The number of ether oxygens (including phenoxy) is 1. The normalized spacial score (nSPS) is 17.1. The second kappa shape index (κ2) is 5.87. The first-order chi connectivity index (χ1) is 8.20. The predicted molar refractivity (Wildman–Crippen MR) is 74.7 cm³/mol. The van der Waals surface area contributed by atoms with Crippen LogP contribution < -0.4 is 10.1 Å². The number of halogens is 1. The van der Waals surface area contributed by atoms with Gasteiger partial charge in [-0.3, -0.25) is 0 Å². The molecule has 0 atom stereocenters. The Kier molecular flexibility index (Phi) is 4.46. The van der Waals surface area contributed by atoms with E-state index in [0.717, 1.165) is 35.7 Å². The lowest BCUT2D eigenvalue weighted by Gasteiger charge is -2.23. The van der Waals surface area contributed by atoms with Crippen LogP contribution in [0.5, 0.6) is 5.75 Å². The molecule has 1 N–H and O–H groups in total.